The number of carbonyl (C=O) groups excluding carboxylic acids is 1. The maximum absolute atomic E-state index is 12.4. The molecular weight excluding hydrogens is 218 g/mol. The summed E-state index contributed by atoms with van der Waals surface area (Å²) in [7, 11) is 0. The van der Waals surface area contributed by atoms with Crippen LogP contribution in [0, 0.1) is 6.92 Å². The summed E-state index contributed by atoms with van der Waals surface area (Å²) in [6, 6.07) is 5.86. The quantitative estimate of drug-likeness (QED) is 0.739. The van der Waals surface area contributed by atoms with Gasteiger partial charge in [-0.15, -0.1) is 0 Å². The lowest BCUT2D eigenvalue weighted by Crippen LogP contribution is -2.41. The molecule has 2 heterocycles. The largest absolute Gasteiger partial charge is 0.336 e. The molecule has 1 aromatic rings. The molecule has 4 nitrogen and oxygen atoms in total. The number of anilines is 1. The number of nitrogens with zero attached hydrogens (tertiary/aromatic N) is 1. The van der Waals surface area contributed by atoms with Gasteiger partial charge in [0.15, 0.2) is 0 Å². The molecule has 0 unspecified atom stereocenters. The second kappa shape index (κ2) is 3.55. The molecule has 0 saturated carbocycles. The third-order valence-corrected chi connectivity index (χ3v) is 3.40. The summed E-state index contributed by atoms with van der Waals surface area (Å²) in [5, 5.41) is 0. The molecule has 1 aromatic carbocycles. The fraction of sp³-hybridized carbons (Fsp3) is 0.462. The minimum absolute atomic E-state index is 0.0956. The van der Waals surface area contributed by atoms with Crippen molar-refractivity contribution in [2.45, 2.75) is 19.6 Å². The molecule has 0 aromatic heterocycles. The fourth-order valence-electron chi connectivity index (χ4n) is 2.67. The van der Waals surface area contributed by atoms with Crippen LogP contribution in [0.3, 0.4) is 0 Å². The Hall–Kier alpha value is -1.39. The first kappa shape index (κ1) is 10.7. The second-order valence-corrected chi connectivity index (χ2v) is 4.33. The summed E-state index contributed by atoms with van der Waals surface area (Å²) in [5.41, 5.74) is 2.87. The number of benzene rings is 1. The number of carbonyl (C=O) groups is 1. The van der Waals surface area contributed by atoms with Gasteiger partial charge in [-0.2, -0.15) is 0 Å². The van der Waals surface area contributed by atoms with Gasteiger partial charge in [0.05, 0.1) is 18.9 Å². The number of rotatable bonds is 1. The minimum atomic E-state index is -1.17. The molecule has 0 atom stereocenters. The molecule has 0 bridgehead atoms. The lowest BCUT2D eigenvalue weighted by atomic mass is 10.0. The number of hydrogen-bond acceptors (Lipinski definition) is 3. The maximum Gasteiger partial charge on any atom is 0.292 e. The highest BCUT2D eigenvalue weighted by atomic mass is 16.7. The van der Waals surface area contributed by atoms with Gasteiger partial charge in [-0.3, -0.25) is 4.79 Å². The van der Waals surface area contributed by atoms with Crippen LogP contribution in [0.2, 0.25) is 0 Å². The van der Waals surface area contributed by atoms with Crippen LogP contribution in [0.1, 0.15) is 18.1 Å². The number of para-hydroxylation sites is 1. The molecule has 90 valence electrons. The van der Waals surface area contributed by atoms with E-state index in [9.17, 15) is 4.79 Å². The van der Waals surface area contributed by atoms with Crippen molar-refractivity contribution in [3.05, 3.63) is 29.3 Å². The molecule has 1 fully saturated rings. The molecule has 0 N–H and O–H groups in total. The number of likely N-dealkylation sites (N-methyl/N-ethyl adjacent to an activating group) is 1. The first-order valence-electron chi connectivity index (χ1n) is 5.90. The Balaban J connectivity index is 2.24. The molecule has 0 aliphatic carbocycles. The van der Waals surface area contributed by atoms with Gasteiger partial charge in [0.1, 0.15) is 0 Å². The first-order chi connectivity index (χ1) is 8.20. The van der Waals surface area contributed by atoms with Gasteiger partial charge in [-0.1, -0.05) is 18.2 Å². The van der Waals surface area contributed by atoms with Crippen molar-refractivity contribution < 1.29 is 14.3 Å². The Morgan fingerprint density at radius 1 is 1.35 bits per heavy atom. The maximum atomic E-state index is 12.4. The van der Waals surface area contributed by atoms with Gasteiger partial charge in [0, 0.05) is 12.1 Å². The van der Waals surface area contributed by atoms with Crippen molar-refractivity contribution in [3.8, 4) is 0 Å². The molecule has 0 radical (unpaired) electrons. The highest BCUT2D eigenvalue weighted by Crippen LogP contribution is 2.46. The van der Waals surface area contributed by atoms with E-state index in [1.807, 2.05) is 32.0 Å². The summed E-state index contributed by atoms with van der Waals surface area (Å²) in [5.74, 6) is -1.26. The van der Waals surface area contributed by atoms with E-state index in [-0.39, 0.29) is 5.91 Å². The molecule has 3 rings (SSSR count). The van der Waals surface area contributed by atoms with Crippen LogP contribution < -0.4 is 4.90 Å². The Morgan fingerprint density at radius 3 is 2.71 bits per heavy atom. The third kappa shape index (κ3) is 1.22. The van der Waals surface area contributed by atoms with E-state index in [0.29, 0.717) is 19.8 Å². The smallest absolute Gasteiger partial charge is 0.292 e. The molecule has 1 amide bonds. The molecule has 2 aliphatic rings. The monoisotopic (exact) mass is 233 g/mol. The van der Waals surface area contributed by atoms with Crippen LogP contribution in [0.25, 0.3) is 0 Å². The number of hydrogen-bond donors (Lipinski definition) is 0. The molecule has 4 heteroatoms. The fourth-order valence-corrected chi connectivity index (χ4v) is 2.67. The Labute approximate surface area is 100 Å². The standard InChI is InChI=1S/C13H15NO3/c1-3-14-11-9(2)5-4-6-10(11)13(12(14)15)16-7-8-17-13/h4-6H,3,7-8H2,1-2H3. The van der Waals surface area contributed by atoms with Crippen LogP contribution in [0.15, 0.2) is 18.2 Å². The first-order valence-corrected chi connectivity index (χ1v) is 5.90. The number of amides is 1. The Kier molecular flexibility index (Phi) is 2.24. The van der Waals surface area contributed by atoms with Crippen LogP contribution in [0.4, 0.5) is 5.69 Å². The van der Waals surface area contributed by atoms with Gasteiger partial charge in [0.25, 0.3) is 11.7 Å². The topological polar surface area (TPSA) is 38.8 Å². The van der Waals surface area contributed by atoms with E-state index in [2.05, 4.69) is 0 Å². The second-order valence-electron chi connectivity index (χ2n) is 4.33. The van der Waals surface area contributed by atoms with Crippen molar-refractivity contribution in [2.24, 2.45) is 0 Å². The summed E-state index contributed by atoms with van der Waals surface area (Å²) >= 11 is 0. The van der Waals surface area contributed by atoms with Crippen LogP contribution in [-0.2, 0) is 20.1 Å². The van der Waals surface area contributed by atoms with Gasteiger partial charge in [-0.05, 0) is 19.4 Å². The Bertz CT molecular complexity index is 478. The van der Waals surface area contributed by atoms with Crippen molar-refractivity contribution in [1.82, 2.24) is 0 Å². The van der Waals surface area contributed by atoms with Gasteiger partial charge in [-0.25, -0.2) is 0 Å². The summed E-state index contributed by atoms with van der Waals surface area (Å²) in [4.78, 5) is 14.2. The minimum Gasteiger partial charge on any atom is -0.336 e. The van der Waals surface area contributed by atoms with E-state index in [0.717, 1.165) is 16.8 Å². The number of aryl methyl sites for hydroxylation is 1. The molecule has 1 saturated heterocycles. The van der Waals surface area contributed by atoms with E-state index in [1.54, 1.807) is 4.90 Å². The zero-order valence-electron chi connectivity index (χ0n) is 10.0. The predicted molar refractivity (Wildman–Crippen MR) is 62.8 cm³/mol. The lowest BCUT2D eigenvalue weighted by Gasteiger charge is -2.21. The summed E-state index contributed by atoms with van der Waals surface area (Å²) in [6.45, 7) is 5.53. The summed E-state index contributed by atoms with van der Waals surface area (Å²) in [6.07, 6.45) is 0. The van der Waals surface area contributed by atoms with Gasteiger partial charge >= 0.3 is 0 Å². The van der Waals surface area contributed by atoms with Crippen molar-refractivity contribution in [2.75, 3.05) is 24.7 Å². The number of ether oxygens (including phenoxy) is 2. The highest BCUT2D eigenvalue weighted by molar-refractivity contribution is 6.06. The number of fused-ring (bicyclic) bond motifs is 2. The van der Waals surface area contributed by atoms with Gasteiger partial charge < -0.3 is 14.4 Å². The average Bonchev–Trinajstić information content (AvgIpc) is 2.89. The van der Waals surface area contributed by atoms with Crippen molar-refractivity contribution >= 4 is 11.6 Å². The highest BCUT2D eigenvalue weighted by Gasteiger charge is 2.55. The van der Waals surface area contributed by atoms with Crippen molar-refractivity contribution in [3.63, 3.8) is 0 Å². The van der Waals surface area contributed by atoms with Crippen LogP contribution in [-0.4, -0.2) is 25.7 Å². The van der Waals surface area contributed by atoms with Crippen molar-refractivity contribution in [1.29, 1.82) is 0 Å². The molecule has 17 heavy (non-hydrogen) atoms. The zero-order valence-corrected chi connectivity index (χ0v) is 10.0. The molecular formula is C13H15NO3. The van der Waals surface area contributed by atoms with Crippen LogP contribution >= 0.6 is 0 Å². The van der Waals surface area contributed by atoms with E-state index in [4.69, 9.17) is 9.47 Å². The van der Waals surface area contributed by atoms with E-state index >= 15 is 0 Å². The Morgan fingerprint density at radius 2 is 2.06 bits per heavy atom. The third-order valence-electron chi connectivity index (χ3n) is 3.40. The molecule has 1 spiro atoms. The van der Waals surface area contributed by atoms with Crippen LogP contribution in [0.5, 0.6) is 0 Å². The van der Waals surface area contributed by atoms with E-state index < -0.39 is 5.79 Å². The lowest BCUT2D eigenvalue weighted by molar-refractivity contribution is -0.180. The zero-order chi connectivity index (χ0) is 12.0. The van der Waals surface area contributed by atoms with Gasteiger partial charge in [0.2, 0.25) is 0 Å². The normalized spacial score (nSPS) is 21.3. The van der Waals surface area contributed by atoms with E-state index in [1.165, 1.54) is 0 Å². The summed E-state index contributed by atoms with van der Waals surface area (Å²) < 4.78 is 11.2. The average molecular weight is 233 g/mol. The molecule has 2 aliphatic heterocycles. The SMILES string of the molecule is CCN1C(=O)C2(OCCO2)c2cccc(C)c21. The predicted octanol–water partition coefficient (Wildman–Crippen LogP) is 1.56.